The number of carbonyl (C=O) groups is 2. The molecule has 3 rings (SSSR count). The first-order valence-electron chi connectivity index (χ1n) is 9.56. The highest BCUT2D eigenvalue weighted by molar-refractivity contribution is 5.81. The second-order valence-corrected chi connectivity index (χ2v) is 7.20. The first-order chi connectivity index (χ1) is 13.1. The molecule has 0 bridgehead atoms. The number of hydrogen-bond donors (Lipinski definition) is 0. The number of amides is 2. The van der Waals surface area contributed by atoms with Crippen LogP contribution in [0.2, 0.25) is 0 Å². The molecule has 0 N–H and O–H groups in total. The number of nitrogens with zero attached hydrogens (tertiary/aromatic N) is 3. The lowest BCUT2D eigenvalue weighted by Gasteiger charge is -2.36. The third kappa shape index (κ3) is 5.20. The third-order valence-corrected chi connectivity index (χ3v) is 5.23. The van der Waals surface area contributed by atoms with E-state index in [1.54, 1.807) is 12.0 Å². The Morgan fingerprint density at radius 2 is 2.04 bits per heavy atom. The van der Waals surface area contributed by atoms with Crippen molar-refractivity contribution in [1.82, 2.24) is 14.7 Å². The lowest BCUT2D eigenvalue weighted by atomic mass is 10.2. The van der Waals surface area contributed by atoms with E-state index in [4.69, 9.17) is 9.47 Å². The summed E-state index contributed by atoms with van der Waals surface area (Å²) in [7, 11) is 3.45. The molecule has 2 amide bonds. The molecule has 2 heterocycles. The molecule has 7 nitrogen and oxygen atoms in total. The van der Waals surface area contributed by atoms with Crippen LogP contribution in [0.1, 0.15) is 18.4 Å². The van der Waals surface area contributed by atoms with Crippen molar-refractivity contribution in [2.75, 3.05) is 53.5 Å². The van der Waals surface area contributed by atoms with E-state index in [1.807, 2.05) is 36.2 Å². The van der Waals surface area contributed by atoms with E-state index in [2.05, 4.69) is 4.90 Å². The van der Waals surface area contributed by atoms with Crippen molar-refractivity contribution in [3.05, 3.63) is 29.8 Å². The van der Waals surface area contributed by atoms with Crippen LogP contribution in [0.4, 0.5) is 0 Å². The normalized spacial score (nSPS) is 20.5. The predicted octanol–water partition coefficient (Wildman–Crippen LogP) is 0.977. The van der Waals surface area contributed by atoms with Crippen molar-refractivity contribution in [3.63, 3.8) is 0 Å². The van der Waals surface area contributed by atoms with Gasteiger partial charge in [-0.2, -0.15) is 0 Å². The first kappa shape index (κ1) is 19.6. The smallest absolute Gasteiger partial charge is 0.251 e. The van der Waals surface area contributed by atoms with Crippen LogP contribution >= 0.6 is 0 Å². The molecule has 1 aromatic carbocycles. The van der Waals surface area contributed by atoms with Crippen molar-refractivity contribution >= 4 is 11.8 Å². The SMILES string of the molecule is COc1cccc(CN(C)C(=O)CN2CCN(C(=O)C3CCCO3)CC2)c1. The Morgan fingerprint density at radius 1 is 1.26 bits per heavy atom. The van der Waals surface area contributed by atoms with E-state index < -0.39 is 0 Å². The summed E-state index contributed by atoms with van der Waals surface area (Å²) in [5.74, 6) is 0.978. The Labute approximate surface area is 160 Å². The van der Waals surface area contributed by atoms with E-state index in [0.717, 1.165) is 37.2 Å². The molecule has 1 unspecified atom stereocenters. The number of carbonyl (C=O) groups excluding carboxylic acids is 2. The average molecular weight is 375 g/mol. The summed E-state index contributed by atoms with van der Waals surface area (Å²) in [6.07, 6.45) is 1.53. The summed E-state index contributed by atoms with van der Waals surface area (Å²) >= 11 is 0. The van der Waals surface area contributed by atoms with E-state index in [-0.39, 0.29) is 17.9 Å². The van der Waals surface area contributed by atoms with Crippen LogP contribution in [0.5, 0.6) is 5.75 Å². The molecule has 7 heteroatoms. The Morgan fingerprint density at radius 3 is 2.70 bits per heavy atom. The molecule has 27 heavy (non-hydrogen) atoms. The van der Waals surface area contributed by atoms with E-state index >= 15 is 0 Å². The van der Waals surface area contributed by atoms with E-state index in [1.165, 1.54) is 0 Å². The highest BCUT2D eigenvalue weighted by Crippen LogP contribution is 2.16. The molecular weight excluding hydrogens is 346 g/mol. The van der Waals surface area contributed by atoms with Gasteiger partial charge in [0.1, 0.15) is 11.9 Å². The van der Waals surface area contributed by atoms with Crippen LogP contribution in [-0.4, -0.2) is 86.1 Å². The molecule has 0 aliphatic carbocycles. The molecular formula is C20H29N3O4. The van der Waals surface area contributed by atoms with Crippen molar-refractivity contribution < 1.29 is 19.1 Å². The van der Waals surface area contributed by atoms with Crippen molar-refractivity contribution in [2.45, 2.75) is 25.5 Å². The van der Waals surface area contributed by atoms with Crippen LogP contribution in [-0.2, 0) is 20.9 Å². The van der Waals surface area contributed by atoms with Crippen LogP contribution < -0.4 is 4.74 Å². The van der Waals surface area contributed by atoms with Crippen LogP contribution in [0.3, 0.4) is 0 Å². The van der Waals surface area contributed by atoms with Gasteiger partial charge < -0.3 is 19.3 Å². The molecule has 148 valence electrons. The van der Waals surface area contributed by atoms with Gasteiger partial charge in [-0.15, -0.1) is 0 Å². The van der Waals surface area contributed by atoms with Gasteiger partial charge in [-0.1, -0.05) is 12.1 Å². The monoisotopic (exact) mass is 375 g/mol. The highest BCUT2D eigenvalue weighted by Gasteiger charge is 2.30. The fourth-order valence-corrected chi connectivity index (χ4v) is 3.55. The fourth-order valence-electron chi connectivity index (χ4n) is 3.55. The number of benzene rings is 1. The van der Waals surface area contributed by atoms with Gasteiger partial charge >= 0.3 is 0 Å². The predicted molar refractivity (Wildman–Crippen MR) is 101 cm³/mol. The minimum absolute atomic E-state index is 0.0803. The van der Waals surface area contributed by atoms with E-state index in [0.29, 0.717) is 32.8 Å². The molecule has 2 fully saturated rings. The number of piperazine rings is 1. The quantitative estimate of drug-likeness (QED) is 0.742. The fraction of sp³-hybridized carbons (Fsp3) is 0.600. The van der Waals surface area contributed by atoms with Gasteiger partial charge in [-0.05, 0) is 30.5 Å². The number of rotatable bonds is 6. The molecule has 1 aromatic rings. The second-order valence-electron chi connectivity index (χ2n) is 7.20. The molecule has 2 aliphatic rings. The zero-order valence-electron chi connectivity index (χ0n) is 16.2. The average Bonchev–Trinajstić information content (AvgIpc) is 3.23. The highest BCUT2D eigenvalue weighted by atomic mass is 16.5. The minimum Gasteiger partial charge on any atom is -0.497 e. The zero-order valence-corrected chi connectivity index (χ0v) is 16.2. The number of methoxy groups -OCH3 is 1. The zero-order chi connectivity index (χ0) is 19.2. The van der Waals surface area contributed by atoms with Crippen molar-refractivity contribution in [3.8, 4) is 5.75 Å². The molecule has 0 spiro atoms. The summed E-state index contributed by atoms with van der Waals surface area (Å²) < 4.78 is 10.7. The van der Waals surface area contributed by atoms with Gasteiger partial charge in [0.15, 0.2) is 0 Å². The van der Waals surface area contributed by atoms with Gasteiger partial charge in [-0.3, -0.25) is 14.5 Å². The topological polar surface area (TPSA) is 62.3 Å². The largest absolute Gasteiger partial charge is 0.497 e. The van der Waals surface area contributed by atoms with Gasteiger partial charge in [0, 0.05) is 46.4 Å². The number of hydrogen-bond acceptors (Lipinski definition) is 5. The first-order valence-corrected chi connectivity index (χ1v) is 9.56. The van der Waals surface area contributed by atoms with Crippen LogP contribution in [0.15, 0.2) is 24.3 Å². The number of ether oxygens (including phenoxy) is 2. The standard InChI is InChI=1S/C20H29N3O4/c1-21(14-16-5-3-6-17(13-16)26-2)19(24)15-22-8-10-23(11-9-22)20(25)18-7-4-12-27-18/h3,5-6,13,18H,4,7-12,14-15H2,1-2H3. The third-order valence-electron chi connectivity index (χ3n) is 5.23. The summed E-state index contributed by atoms with van der Waals surface area (Å²) in [6.45, 7) is 4.37. The maximum atomic E-state index is 12.5. The van der Waals surface area contributed by atoms with Crippen molar-refractivity contribution in [2.24, 2.45) is 0 Å². The molecule has 0 radical (unpaired) electrons. The Kier molecular flexibility index (Phi) is 6.68. The molecule has 2 saturated heterocycles. The maximum Gasteiger partial charge on any atom is 0.251 e. The number of likely N-dealkylation sites (N-methyl/N-ethyl adjacent to an activating group) is 1. The van der Waals surface area contributed by atoms with Crippen molar-refractivity contribution in [1.29, 1.82) is 0 Å². The molecule has 0 saturated carbocycles. The van der Waals surface area contributed by atoms with Gasteiger partial charge in [0.05, 0.1) is 13.7 Å². The minimum atomic E-state index is -0.257. The Hall–Kier alpha value is -2.12. The lowest BCUT2D eigenvalue weighted by molar-refractivity contribution is -0.143. The molecule has 1 atom stereocenters. The van der Waals surface area contributed by atoms with Crippen LogP contribution in [0.25, 0.3) is 0 Å². The Bertz CT molecular complexity index is 652. The second kappa shape index (κ2) is 9.19. The molecule has 0 aromatic heterocycles. The van der Waals surface area contributed by atoms with Crippen LogP contribution in [0, 0.1) is 0 Å². The van der Waals surface area contributed by atoms with Gasteiger partial charge in [0.2, 0.25) is 5.91 Å². The van der Waals surface area contributed by atoms with Gasteiger partial charge in [0.25, 0.3) is 5.91 Å². The Balaban J connectivity index is 1.43. The molecule has 2 aliphatic heterocycles. The van der Waals surface area contributed by atoms with Gasteiger partial charge in [-0.25, -0.2) is 0 Å². The summed E-state index contributed by atoms with van der Waals surface area (Å²) in [5, 5.41) is 0. The summed E-state index contributed by atoms with van der Waals surface area (Å²) in [5.41, 5.74) is 1.04. The maximum absolute atomic E-state index is 12.5. The summed E-state index contributed by atoms with van der Waals surface area (Å²) in [4.78, 5) is 30.7. The lowest BCUT2D eigenvalue weighted by Crippen LogP contribution is -2.53. The summed E-state index contributed by atoms with van der Waals surface area (Å²) in [6, 6.07) is 7.75. The van der Waals surface area contributed by atoms with E-state index in [9.17, 15) is 9.59 Å².